The molecule has 1 N–H and O–H groups in total. The summed E-state index contributed by atoms with van der Waals surface area (Å²) in [5.41, 5.74) is 8.32. The highest BCUT2D eigenvalue weighted by Crippen LogP contribution is 2.17. The first-order valence-corrected chi connectivity index (χ1v) is 6.73. The van der Waals surface area contributed by atoms with Crippen LogP contribution in [-0.4, -0.2) is 28.5 Å². The molecule has 0 aliphatic carbocycles. The number of aryl methyl sites for hydroxylation is 1. The monoisotopic (exact) mass is 294 g/mol. The van der Waals surface area contributed by atoms with Crippen molar-refractivity contribution >= 4 is 11.6 Å². The van der Waals surface area contributed by atoms with Crippen LogP contribution in [0.25, 0.3) is 10.4 Å². The van der Waals surface area contributed by atoms with E-state index in [9.17, 15) is 14.9 Å². The van der Waals surface area contributed by atoms with E-state index >= 15 is 0 Å². The lowest BCUT2D eigenvalue weighted by atomic mass is 10.3. The molecule has 0 unspecified atom stereocenters. The molecule has 0 aliphatic heterocycles. The molecule has 1 amide bonds. The van der Waals surface area contributed by atoms with Crippen LogP contribution >= 0.6 is 0 Å². The van der Waals surface area contributed by atoms with Crippen molar-refractivity contribution in [1.82, 2.24) is 9.88 Å². The predicted octanol–water partition coefficient (Wildman–Crippen LogP) is 2.63. The van der Waals surface area contributed by atoms with Crippen LogP contribution in [0, 0.1) is 10.1 Å². The van der Waals surface area contributed by atoms with E-state index in [4.69, 9.17) is 5.53 Å². The van der Waals surface area contributed by atoms with Crippen LogP contribution in [0.2, 0.25) is 0 Å². The largest absolute Gasteiger partial charge is 0.351 e. The van der Waals surface area contributed by atoms with Gasteiger partial charge in [-0.3, -0.25) is 14.9 Å². The molecule has 0 spiro atoms. The number of rotatable bonds is 9. The topological polar surface area (TPSA) is 126 Å². The molecule has 9 heteroatoms. The molecule has 1 rings (SSSR count). The highest BCUT2D eigenvalue weighted by atomic mass is 16.6. The predicted molar refractivity (Wildman–Crippen MR) is 77.0 cm³/mol. The zero-order valence-electron chi connectivity index (χ0n) is 11.9. The van der Waals surface area contributed by atoms with Crippen molar-refractivity contribution in [3.8, 4) is 0 Å². The first kappa shape index (κ1) is 16.5. The molecule has 1 aromatic rings. The van der Waals surface area contributed by atoms with Gasteiger partial charge in [-0.2, -0.15) is 0 Å². The van der Waals surface area contributed by atoms with Gasteiger partial charge in [0.2, 0.25) is 0 Å². The van der Waals surface area contributed by atoms with Gasteiger partial charge in [0, 0.05) is 30.6 Å². The maximum atomic E-state index is 12.0. The number of carbonyl (C=O) groups excluding carboxylic acids is 1. The third-order valence-corrected chi connectivity index (χ3v) is 2.82. The summed E-state index contributed by atoms with van der Waals surface area (Å²) in [6.07, 6.45) is 3.51. The molecule has 0 radical (unpaired) electrons. The lowest BCUT2D eigenvalue weighted by Gasteiger charge is -2.07. The van der Waals surface area contributed by atoms with Crippen molar-refractivity contribution in [3.63, 3.8) is 0 Å². The van der Waals surface area contributed by atoms with Gasteiger partial charge in [0.25, 0.3) is 11.6 Å². The number of hydrogen-bond donors (Lipinski definition) is 1. The molecule has 0 aromatic carbocycles. The average Bonchev–Trinajstić information content (AvgIpc) is 2.87. The fourth-order valence-electron chi connectivity index (χ4n) is 1.86. The Bertz CT molecular complexity index is 547. The van der Waals surface area contributed by atoms with Crippen LogP contribution in [0.5, 0.6) is 0 Å². The molecule has 0 bridgehead atoms. The molecule has 0 fully saturated rings. The molecule has 1 heterocycles. The first-order chi connectivity index (χ1) is 10.1. The van der Waals surface area contributed by atoms with Crippen molar-refractivity contribution in [3.05, 3.63) is 38.5 Å². The lowest BCUT2D eigenvalue weighted by Crippen LogP contribution is -2.26. The molecule has 9 nitrogen and oxygen atoms in total. The second-order valence-corrected chi connectivity index (χ2v) is 4.45. The molecule has 21 heavy (non-hydrogen) atoms. The van der Waals surface area contributed by atoms with E-state index in [1.54, 1.807) is 4.57 Å². The quantitative estimate of drug-likeness (QED) is 0.188. The van der Waals surface area contributed by atoms with Crippen LogP contribution in [0.4, 0.5) is 5.69 Å². The number of nitro groups is 1. The normalized spacial score (nSPS) is 9.95. The summed E-state index contributed by atoms with van der Waals surface area (Å²) in [7, 11) is 0. The number of carbonyl (C=O) groups is 1. The van der Waals surface area contributed by atoms with Crippen LogP contribution < -0.4 is 5.32 Å². The van der Waals surface area contributed by atoms with E-state index < -0.39 is 4.92 Å². The van der Waals surface area contributed by atoms with E-state index in [1.165, 1.54) is 12.3 Å². The zero-order chi connectivity index (χ0) is 15.7. The molecule has 0 aliphatic rings. The molecular formula is C12H18N6O3. The van der Waals surface area contributed by atoms with Gasteiger partial charge in [0.1, 0.15) is 5.69 Å². The second kappa shape index (κ2) is 8.60. The number of azide groups is 1. The first-order valence-electron chi connectivity index (χ1n) is 6.73. The van der Waals surface area contributed by atoms with E-state index in [0.29, 0.717) is 38.2 Å². The van der Waals surface area contributed by atoms with Crippen molar-refractivity contribution < 1.29 is 9.72 Å². The van der Waals surface area contributed by atoms with E-state index in [2.05, 4.69) is 15.3 Å². The lowest BCUT2D eigenvalue weighted by molar-refractivity contribution is -0.384. The third-order valence-electron chi connectivity index (χ3n) is 2.82. The van der Waals surface area contributed by atoms with Crippen LogP contribution in [0.15, 0.2) is 17.4 Å². The maximum absolute atomic E-state index is 12.0. The highest BCUT2D eigenvalue weighted by molar-refractivity contribution is 5.93. The summed E-state index contributed by atoms with van der Waals surface area (Å²) >= 11 is 0. The molecular weight excluding hydrogens is 276 g/mol. The Hall–Kier alpha value is -2.54. The fourth-order valence-corrected chi connectivity index (χ4v) is 1.86. The summed E-state index contributed by atoms with van der Waals surface area (Å²) in [6.45, 7) is 3.31. The summed E-state index contributed by atoms with van der Waals surface area (Å²) in [5.74, 6) is -0.333. The zero-order valence-corrected chi connectivity index (χ0v) is 11.9. The van der Waals surface area contributed by atoms with E-state index in [0.717, 1.165) is 6.42 Å². The standard InChI is InChI=1S/C12H18N6O3/c1-2-7-17-9-10(18(20)21)8-11(17)12(19)14-5-3-4-6-15-16-13/h8-9H,2-7H2,1H3,(H,14,19). The minimum atomic E-state index is -0.511. The molecule has 0 saturated heterocycles. The van der Waals surface area contributed by atoms with Crippen LogP contribution in [0.1, 0.15) is 36.7 Å². The number of nitrogens with zero attached hydrogens (tertiary/aromatic N) is 5. The average molecular weight is 294 g/mol. The highest BCUT2D eigenvalue weighted by Gasteiger charge is 2.18. The Morgan fingerprint density at radius 1 is 1.57 bits per heavy atom. The Morgan fingerprint density at radius 2 is 2.33 bits per heavy atom. The minimum absolute atomic E-state index is 0.0862. The summed E-state index contributed by atoms with van der Waals surface area (Å²) in [4.78, 5) is 24.9. The molecule has 0 saturated carbocycles. The number of unbranched alkanes of at least 4 members (excludes halogenated alkanes) is 1. The van der Waals surface area contributed by atoms with Crippen LogP contribution in [-0.2, 0) is 6.54 Å². The number of hydrogen-bond acceptors (Lipinski definition) is 4. The van der Waals surface area contributed by atoms with Gasteiger partial charge >= 0.3 is 0 Å². The SMILES string of the molecule is CCCn1cc([N+](=O)[O-])cc1C(=O)NCCCCN=[N+]=[N-]. The summed E-state index contributed by atoms with van der Waals surface area (Å²) < 4.78 is 1.59. The van der Waals surface area contributed by atoms with E-state index in [1.807, 2.05) is 6.92 Å². The van der Waals surface area contributed by atoms with Gasteiger partial charge in [0.15, 0.2) is 0 Å². The Kier molecular flexibility index (Phi) is 6.76. The summed E-state index contributed by atoms with van der Waals surface area (Å²) in [5, 5.41) is 16.9. The number of amides is 1. The Morgan fingerprint density at radius 3 is 2.95 bits per heavy atom. The minimum Gasteiger partial charge on any atom is -0.351 e. The van der Waals surface area contributed by atoms with Gasteiger partial charge in [-0.1, -0.05) is 12.0 Å². The van der Waals surface area contributed by atoms with Gasteiger partial charge < -0.3 is 9.88 Å². The number of nitrogens with one attached hydrogen (secondary N) is 1. The van der Waals surface area contributed by atoms with Gasteiger partial charge in [-0.15, -0.1) is 0 Å². The Balaban J connectivity index is 2.59. The fraction of sp³-hybridized carbons (Fsp3) is 0.583. The third kappa shape index (κ3) is 5.15. The smallest absolute Gasteiger partial charge is 0.287 e. The van der Waals surface area contributed by atoms with Crippen molar-refractivity contribution in [2.75, 3.05) is 13.1 Å². The molecule has 114 valence electrons. The summed E-state index contributed by atoms with van der Waals surface area (Å²) in [6, 6.07) is 1.28. The van der Waals surface area contributed by atoms with E-state index in [-0.39, 0.29) is 11.6 Å². The second-order valence-electron chi connectivity index (χ2n) is 4.45. The molecule has 0 atom stereocenters. The Labute approximate surface area is 121 Å². The van der Waals surface area contributed by atoms with Crippen molar-refractivity contribution in [1.29, 1.82) is 0 Å². The molecule has 1 aromatic heterocycles. The van der Waals surface area contributed by atoms with Crippen molar-refractivity contribution in [2.45, 2.75) is 32.7 Å². The number of aromatic nitrogens is 1. The van der Waals surface area contributed by atoms with Gasteiger partial charge in [-0.25, -0.2) is 0 Å². The van der Waals surface area contributed by atoms with Gasteiger partial charge in [-0.05, 0) is 24.8 Å². The van der Waals surface area contributed by atoms with Gasteiger partial charge in [0.05, 0.1) is 11.1 Å². The maximum Gasteiger partial charge on any atom is 0.287 e. The van der Waals surface area contributed by atoms with Crippen LogP contribution in [0.3, 0.4) is 0 Å². The van der Waals surface area contributed by atoms with Crippen molar-refractivity contribution in [2.24, 2.45) is 5.11 Å².